The van der Waals surface area contributed by atoms with Crippen LogP contribution in [0.25, 0.3) is 11.1 Å². The zero-order valence-electron chi connectivity index (χ0n) is 11.9. The molecule has 1 aromatic heterocycles. The highest BCUT2D eigenvalue weighted by Crippen LogP contribution is 2.33. The van der Waals surface area contributed by atoms with Crippen LogP contribution in [0.5, 0.6) is 0 Å². The first-order valence-corrected chi connectivity index (χ1v) is 7.52. The maximum Gasteiger partial charge on any atom is 0.266 e. The highest BCUT2D eigenvalue weighted by Gasteiger charge is 2.19. The van der Waals surface area contributed by atoms with Crippen molar-refractivity contribution in [3.63, 3.8) is 0 Å². The van der Waals surface area contributed by atoms with Crippen molar-refractivity contribution in [2.45, 2.75) is 38.0 Å². The Kier molecular flexibility index (Phi) is 3.87. The molecule has 106 valence electrons. The number of hydrogen-bond acceptors (Lipinski definition) is 2. The fourth-order valence-electron chi connectivity index (χ4n) is 3.17. The Bertz CT molecular complexity index is 719. The lowest BCUT2D eigenvalue weighted by Crippen LogP contribution is -2.17. The molecular weight excluding hydrogens is 260 g/mol. The Hall–Kier alpha value is -2.34. The summed E-state index contributed by atoms with van der Waals surface area (Å²) in [5, 5.41) is 9.29. The van der Waals surface area contributed by atoms with Crippen LogP contribution in [0.15, 0.2) is 41.2 Å². The summed E-state index contributed by atoms with van der Waals surface area (Å²) in [6, 6.07) is 13.7. The zero-order chi connectivity index (χ0) is 14.7. The average Bonchev–Trinajstić information content (AvgIpc) is 2.55. The number of pyridine rings is 1. The normalized spacial score (nSPS) is 15.6. The van der Waals surface area contributed by atoms with Crippen molar-refractivity contribution in [2.24, 2.45) is 0 Å². The van der Waals surface area contributed by atoms with Gasteiger partial charge in [-0.1, -0.05) is 49.6 Å². The molecule has 0 radical (unpaired) electrons. The number of nitrogens with one attached hydrogen (secondary N) is 1. The summed E-state index contributed by atoms with van der Waals surface area (Å²) >= 11 is 0. The summed E-state index contributed by atoms with van der Waals surface area (Å²) in [7, 11) is 0. The number of nitriles is 1. The van der Waals surface area contributed by atoms with Gasteiger partial charge in [0.25, 0.3) is 5.56 Å². The van der Waals surface area contributed by atoms with Crippen molar-refractivity contribution in [3.05, 3.63) is 58.0 Å². The zero-order valence-corrected chi connectivity index (χ0v) is 11.9. The summed E-state index contributed by atoms with van der Waals surface area (Å²) in [4.78, 5) is 15.2. The fourth-order valence-corrected chi connectivity index (χ4v) is 3.17. The van der Waals surface area contributed by atoms with E-state index in [0.717, 1.165) is 29.7 Å². The Morgan fingerprint density at radius 1 is 1.10 bits per heavy atom. The topological polar surface area (TPSA) is 56.6 Å². The molecule has 0 aliphatic heterocycles. The van der Waals surface area contributed by atoms with Gasteiger partial charge in [0.1, 0.15) is 11.6 Å². The SMILES string of the molecule is N#Cc1c(-c2ccccc2)cc(C2CCCCC2)[nH]c1=O. The number of aromatic nitrogens is 1. The van der Waals surface area contributed by atoms with Crippen LogP contribution in [0.4, 0.5) is 0 Å². The molecule has 1 fully saturated rings. The van der Waals surface area contributed by atoms with Crippen LogP contribution in [-0.2, 0) is 0 Å². The van der Waals surface area contributed by atoms with Gasteiger partial charge in [-0.15, -0.1) is 0 Å². The molecule has 1 heterocycles. The van der Waals surface area contributed by atoms with Gasteiger partial charge in [0.2, 0.25) is 0 Å². The highest BCUT2D eigenvalue weighted by atomic mass is 16.1. The van der Waals surface area contributed by atoms with Crippen molar-refractivity contribution < 1.29 is 0 Å². The smallest absolute Gasteiger partial charge is 0.266 e. The molecule has 1 aliphatic carbocycles. The van der Waals surface area contributed by atoms with Crippen LogP contribution in [0.3, 0.4) is 0 Å². The summed E-state index contributed by atoms with van der Waals surface area (Å²) in [5.41, 5.74) is 2.61. The summed E-state index contributed by atoms with van der Waals surface area (Å²) in [5.74, 6) is 0.418. The molecule has 0 amide bonds. The second-order valence-corrected chi connectivity index (χ2v) is 5.66. The molecular formula is C18H18N2O. The van der Waals surface area contributed by atoms with E-state index < -0.39 is 0 Å². The van der Waals surface area contributed by atoms with Crippen molar-refractivity contribution >= 4 is 0 Å². The first kappa shape index (κ1) is 13.6. The van der Waals surface area contributed by atoms with E-state index in [4.69, 9.17) is 0 Å². The predicted octanol–water partition coefficient (Wildman–Crippen LogP) is 3.96. The first-order valence-electron chi connectivity index (χ1n) is 7.52. The van der Waals surface area contributed by atoms with Crippen molar-refractivity contribution in [1.29, 1.82) is 5.26 Å². The number of rotatable bonds is 2. The van der Waals surface area contributed by atoms with Gasteiger partial charge < -0.3 is 4.98 Å². The minimum atomic E-state index is -0.264. The second-order valence-electron chi connectivity index (χ2n) is 5.66. The standard InChI is InChI=1S/C18H18N2O/c19-12-16-15(13-7-3-1-4-8-13)11-17(20-18(16)21)14-9-5-2-6-10-14/h1,3-4,7-8,11,14H,2,5-6,9-10H2,(H,20,21). The lowest BCUT2D eigenvalue weighted by Gasteiger charge is -2.22. The Morgan fingerprint density at radius 3 is 2.48 bits per heavy atom. The van der Waals surface area contributed by atoms with E-state index in [0.29, 0.717) is 5.92 Å². The minimum Gasteiger partial charge on any atom is -0.325 e. The van der Waals surface area contributed by atoms with Crippen LogP contribution in [-0.4, -0.2) is 4.98 Å². The molecule has 1 aliphatic rings. The molecule has 0 atom stereocenters. The van der Waals surface area contributed by atoms with Crippen molar-refractivity contribution in [2.75, 3.05) is 0 Å². The molecule has 0 unspecified atom stereocenters. The maximum absolute atomic E-state index is 12.2. The first-order chi connectivity index (χ1) is 10.3. The number of H-pyrrole nitrogens is 1. The minimum absolute atomic E-state index is 0.209. The quantitative estimate of drug-likeness (QED) is 0.903. The monoisotopic (exact) mass is 278 g/mol. The second kappa shape index (κ2) is 5.97. The van der Waals surface area contributed by atoms with E-state index in [2.05, 4.69) is 4.98 Å². The lowest BCUT2D eigenvalue weighted by molar-refractivity contribution is 0.436. The van der Waals surface area contributed by atoms with Crippen LogP contribution in [0.2, 0.25) is 0 Å². The molecule has 1 N–H and O–H groups in total. The van der Waals surface area contributed by atoms with E-state index in [-0.39, 0.29) is 11.1 Å². The molecule has 0 saturated heterocycles. The summed E-state index contributed by atoms with van der Waals surface area (Å²) in [6.07, 6.45) is 5.95. The molecule has 21 heavy (non-hydrogen) atoms. The molecule has 1 aromatic carbocycles. The van der Waals surface area contributed by atoms with Gasteiger partial charge in [-0.3, -0.25) is 4.79 Å². The summed E-state index contributed by atoms with van der Waals surface area (Å²) in [6.45, 7) is 0. The van der Waals surface area contributed by atoms with Gasteiger partial charge in [-0.2, -0.15) is 5.26 Å². The number of nitrogens with zero attached hydrogens (tertiary/aromatic N) is 1. The van der Waals surface area contributed by atoms with Crippen molar-refractivity contribution in [3.8, 4) is 17.2 Å². The van der Waals surface area contributed by atoms with Crippen LogP contribution < -0.4 is 5.56 Å². The Balaban J connectivity index is 2.11. The molecule has 2 aromatic rings. The van der Waals surface area contributed by atoms with Crippen LogP contribution in [0, 0.1) is 11.3 Å². The average molecular weight is 278 g/mol. The fraction of sp³-hybridized carbons (Fsp3) is 0.333. The maximum atomic E-state index is 12.2. The molecule has 3 nitrogen and oxygen atoms in total. The molecule has 3 rings (SSSR count). The largest absolute Gasteiger partial charge is 0.325 e. The molecule has 3 heteroatoms. The van der Waals surface area contributed by atoms with E-state index in [1.807, 2.05) is 42.5 Å². The Labute approximate surface area is 124 Å². The van der Waals surface area contributed by atoms with Gasteiger partial charge in [0.15, 0.2) is 0 Å². The third-order valence-corrected chi connectivity index (χ3v) is 4.30. The van der Waals surface area contributed by atoms with Gasteiger partial charge in [0.05, 0.1) is 0 Å². The van der Waals surface area contributed by atoms with E-state index in [1.54, 1.807) is 0 Å². The van der Waals surface area contributed by atoms with Gasteiger partial charge in [-0.25, -0.2) is 0 Å². The van der Waals surface area contributed by atoms with Gasteiger partial charge in [-0.05, 0) is 30.4 Å². The summed E-state index contributed by atoms with van der Waals surface area (Å²) < 4.78 is 0. The molecule has 0 bridgehead atoms. The third-order valence-electron chi connectivity index (χ3n) is 4.30. The van der Waals surface area contributed by atoms with Gasteiger partial charge >= 0.3 is 0 Å². The van der Waals surface area contributed by atoms with E-state index in [9.17, 15) is 10.1 Å². The predicted molar refractivity (Wildman–Crippen MR) is 83.0 cm³/mol. The molecule has 0 spiro atoms. The number of aromatic amines is 1. The van der Waals surface area contributed by atoms with Crippen LogP contribution >= 0.6 is 0 Å². The van der Waals surface area contributed by atoms with Crippen LogP contribution in [0.1, 0.15) is 49.3 Å². The Morgan fingerprint density at radius 2 is 1.81 bits per heavy atom. The lowest BCUT2D eigenvalue weighted by atomic mass is 9.85. The van der Waals surface area contributed by atoms with E-state index in [1.165, 1.54) is 19.3 Å². The number of benzene rings is 1. The van der Waals surface area contributed by atoms with E-state index >= 15 is 0 Å². The highest BCUT2D eigenvalue weighted by molar-refractivity contribution is 5.70. The number of hydrogen-bond donors (Lipinski definition) is 1. The van der Waals surface area contributed by atoms with Gasteiger partial charge in [0, 0.05) is 11.3 Å². The third kappa shape index (κ3) is 2.75. The van der Waals surface area contributed by atoms with Crippen molar-refractivity contribution in [1.82, 2.24) is 4.98 Å². The molecule has 1 saturated carbocycles.